The number of hydrogen-bond acceptors (Lipinski definition) is 3. The maximum absolute atomic E-state index is 9.55. The van der Waals surface area contributed by atoms with Gasteiger partial charge in [-0.2, -0.15) is 10.4 Å². The van der Waals surface area contributed by atoms with E-state index < -0.39 is 5.41 Å². The first-order valence-corrected chi connectivity index (χ1v) is 7.39. The van der Waals surface area contributed by atoms with Crippen LogP contribution in [0.25, 0.3) is 22.2 Å². The Kier molecular flexibility index (Phi) is 3.42. The second-order valence-corrected chi connectivity index (χ2v) is 5.88. The van der Waals surface area contributed by atoms with E-state index in [4.69, 9.17) is 0 Å². The fourth-order valence-corrected chi connectivity index (χ4v) is 2.71. The summed E-state index contributed by atoms with van der Waals surface area (Å²) in [7, 11) is 0. The van der Waals surface area contributed by atoms with Crippen LogP contribution in [0.15, 0.2) is 36.7 Å². The van der Waals surface area contributed by atoms with E-state index in [1.54, 1.807) is 12.4 Å². The third-order valence-electron chi connectivity index (χ3n) is 4.33. The first-order chi connectivity index (χ1) is 10.6. The highest BCUT2D eigenvalue weighted by Gasteiger charge is 2.25. The predicted octanol–water partition coefficient (Wildman–Crippen LogP) is 4.12. The third kappa shape index (κ3) is 2.25. The van der Waals surface area contributed by atoms with Gasteiger partial charge in [-0.1, -0.05) is 24.6 Å². The number of aryl methyl sites for hydroxylation is 1. The molecule has 1 N–H and O–H groups in total. The van der Waals surface area contributed by atoms with Crippen LogP contribution in [0.3, 0.4) is 0 Å². The van der Waals surface area contributed by atoms with E-state index in [0.717, 1.165) is 39.7 Å². The van der Waals surface area contributed by atoms with Gasteiger partial charge >= 0.3 is 0 Å². The number of fused-ring (bicyclic) bond motifs is 1. The van der Waals surface area contributed by atoms with Crippen LogP contribution in [0, 0.1) is 18.3 Å². The van der Waals surface area contributed by atoms with Crippen molar-refractivity contribution in [3.8, 4) is 17.2 Å². The lowest BCUT2D eigenvalue weighted by atomic mass is 9.80. The van der Waals surface area contributed by atoms with Crippen molar-refractivity contribution >= 4 is 11.0 Å². The highest BCUT2D eigenvalue weighted by atomic mass is 15.1. The van der Waals surface area contributed by atoms with E-state index >= 15 is 0 Å². The van der Waals surface area contributed by atoms with Gasteiger partial charge in [0, 0.05) is 11.6 Å². The Morgan fingerprint density at radius 1 is 1.32 bits per heavy atom. The molecule has 2 aromatic heterocycles. The zero-order valence-corrected chi connectivity index (χ0v) is 13.0. The molecule has 0 bridgehead atoms. The van der Waals surface area contributed by atoms with E-state index in [0.29, 0.717) is 0 Å². The van der Waals surface area contributed by atoms with Gasteiger partial charge in [-0.15, -0.1) is 0 Å². The molecular weight excluding hydrogens is 272 g/mol. The lowest BCUT2D eigenvalue weighted by Gasteiger charge is -2.21. The smallest absolute Gasteiger partial charge is 0.155 e. The summed E-state index contributed by atoms with van der Waals surface area (Å²) in [4.78, 5) is 4.28. The molecule has 0 aliphatic carbocycles. The molecule has 2 heterocycles. The Labute approximate surface area is 129 Å². The average molecular weight is 290 g/mol. The van der Waals surface area contributed by atoms with Crippen molar-refractivity contribution in [3.05, 3.63) is 47.8 Å². The van der Waals surface area contributed by atoms with Crippen molar-refractivity contribution < 1.29 is 0 Å². The van der Waals surface area contributed by atoms with Crippen molar-refractivity contribution in [1.29, 1.82) is 5.26 Å². The Morgan fingerprint density at radius 2 is 2.14 bits per heavy atom. The minimum atomic E-state index is -0.469. The molecule has 0 saturated carbocycles. The molecule has 0 spiro atoms. The molecule has 0 radical (unpaired) electrons. The predicted molar refractivity (Wildman–Crippen MR) is 87.3 cm³/mol. The minimum absolute atomic E-state index is 0.469. The molecule has 0 aliphatic rings. The van der Waals surface area contributed by atoms with Crippen molar-refractivity contribution in [1.82, 2.24) is 15.2 Å². The van der Waals surface area contributed by atoms with Crippen LogP contribution >= 0.6 is 0 Å². The van der Waals surface area contributed by atoms with Crippen molar-refractivity contribution in [2.45, 2.75) is 32.6 Å². The fourth-order valence-electron chi connectivity index (χ4n) is 2.71. The number of aromatic amines is 1. The molecule has 3 aromatic rings. The molecule has 1 unspecified atom stereocenters. The molecule has 0 fully saturated rings. The molecule has 3 rings (SSSR count). The monoisotopic (exact) mass is 290 g/mol. The van der Waals surface area contributed by atoms with E-state index in [9.17, 15) is 5.26 Å². The van der Waals surface area contributed by atoms with Gasteiger partial charge in [-0.25, -0.2) is 4.98 Å². The summed E-state index contributed by atoms with van der Waals surface area (Å²) in [5.41, 5.74) is 4.69. The first kappa shape index (κ1) is 14.3. The van der Waals surface area contributed by atoms with Crippen molar-refractivity contribution in [2.75, 3.05) is 0 Å². The van der Waals surface area contributed by atoms with E-state index in [2.05, 4.69) is 46.4 Å². The molecule has 1 aromatic carbocycles. The highest BCUT2D eigenvalue weighted by Crippen LogP contribution is 2.33. The van der Waals surface area contributed by atoms with E-state index in [-0.39, 0.29) is 0 Å². The second-order valence-electron chi connectivity index (χ2n) is 5.88. The van der Waals surface area contributed by atoms with Gasteiger partial charge in [-0.3, -0.25) is 5.10 Å². The van der Waals surface area contributed by atoms with E-state index in [1.165, 1.54) is 0 Å². The first-order valence-electron chi connectivity index (χ1n) is 7.39. The summed E-state index contributed by atoms with van der Waals surface area (Å²) in [5.74, 6) is 0. The molecule has 0 aliphatic heterocycles. The van der Waals surface area contributed by atoms with Gasteiger partial charge in [0.1, 0.15) is 0 Å². The maximum Gasteiger partial charge on any atom is 0.155 e. The van der Waals surface area contributed by atoms with Crippen LogP contribution in [0.4, 0.5) is 0 Å². The maximum atomic E-state index is 9.55. The minimum Gasteiger partial charge on any atom is -0.261 e. The molecular formula is C18H18N4. The average Bonchev–Trinajstić information content (AvgIpc) is 3.02. The van der Waals surface area contributed by atoms with Gasteiger partial charge in [0.15, 0.2) is 5.65 Å². The quantitative estimate of drug-likeness (QED) is 0.789. The molecule has 0 amide bonds. The van der Waals surface area contributed by atoms with Crippen LogP contribution in [0.5, 0.6) is 0 Å². The molecule has 4 heteroatoms. The molecule has 1 atom stereocenters. The SMILES string of the molecule is CCC(C)(C#N)c1cc(C)cc(-c2ccnc3[nH]ncc23)c1. The topological polar surface area (TPSA) is 65.4 Å². The van der Waals surface area contributed by atoms with Crippen LogP contribution in [-0.4, -0.2) is 15.2 Å². The fraction of sp³-hybridized carbons (Fsp3) is 0.278. The van der Waals surface area contributed by atoms with Crippen LogP contribution in [0.2, 0.25) is 0 Å². The molecule has 4 nitrogen and oxygen atoms in total. The van der Waals surface area contributed by atoms with Crippen molar-refractivity contribution in [2.24, 2.45) is 0 Å². The number of H-pyrrole nitrogens is 1. The lowest BCUT2D eigenvalue weighted by Crippen LogP contribution is -2.18. The number of nitrogens with one attached hydrogen (secondary N) is 1. The van der Waals surface area contributed by atoms with Crippen molar-refractivity contribution in [3.63, 3.8) is 0 Å². The Morgan fingerprint density at radius 3 is 2.86 bits per heavy atom. The Hall–Kier alpha value is -2.67. The summed E-state index contributed by atoms with van der Waals surface area (Å²) >= 11 is 0. The van der Waals surface area contributed by atoms with Gasteiger partial charge in [-0.05, 0) is 49.1 Å². The summed E-state index contributed by atoms with van der Waals surface area (Å²) in [6.07, 6.45) is 4.36. The van der Waals surface area contributed by atoms with Gasteiger partial charge in [0.2, 0.25) is 0 Å². The van der Waals surface area contributed by atoms with Crippen LogP contribution < -0.4 is 0 Å². The third-order valence-corrected chi connectivity index (χ3v) is 4.33. The van der Waals surface area contributed by atoms with Gasteiger partial charge in [0.25, 0.3) is 0 Å². The van der Waals surface area contributed by atoms with Gasteiger partial charge in [0.05, 0.1) is 17.7 Å². The molecule has 110 valence electrons. The van der Waals surface area contributed by atoms with Gasteiger partial charge < -0.3 is 0 Å². The van der Waals surface area contributed by atoms with E-state index in [1.807, 2.05) is 19.9 Å². The summed E-state index contributed by atoms with van der Waals surface area (Å²) in [6, 6.07) is 10.8. The zero-order chi connectivity index (χ0) is 15.7. The van der Waals surface area contributed by atoms with Crippen LogP contribution in [0.1, 0.15) is 31.4 Å². The number of aromatic nitrogens is 3. The number of hydrogen-bond donors (Lipinski definition) is 1. The van der Waals surface area contributed by atoms with Crippen LogP contribution in [-0.2, 0) is 5.41 Å². The zero-order valence-electron chi connectivity index (χ0n) is 13.0. The normalized spacial score (nSPS) is 13.7. The largest absolute Gasteiger partial charge is 0.261 e. The summed E-state index contributed by atoms with van der Waals surface area (Å²) < 4.78 is 0. The highest BCUT2D eigenvalue weighted by molar-refractivity contribution is 5.92. The number of nitriles is 1. The Balaban J connectivity index is 2.23. The number of rotatable bonds is 3. The number of benzene rings is 1. The molecule has 22 heavy (non-hydrogen) atoms. The summed E-state index contributed by atoms with van der Waals surface area (Å²) in [5, 5.41) is 17.5. The Bertz CT molecular complexity index is 872. The standard InChI is InChI=1S/C18H18N4/c1-4-18(3,11-19)14-8-12(2)7-13(9-14)15-5-6-20-17-16(15)10-21-22-17/h5-10H,4H2,1-3H3,(H,20,21,22). The number of nitrogens with zero attached hydrogens (tertiary/aromatic N) is 3. The number of pyridine rings is 1. The summed E-state index contributed by atoms with van der Waals surface area (Å²) in [6.45, 7) is 6.10. The molecule has 0 saturated heterocycles. The lowest BCUT2D eigenvalue weighted by molar-refractivity contribution is 0.587. The second kappa shape index (κ2) is 5.27.